The third-order valence-electron chi connectivity index (χ3n) is 4.50. The summed E-state index contributed by atoms with van der Waals surface area (Å²) in [5.74, 6) is 0. The van der Waals surface area contributed by atoms with Crippen LogP contribution in [-0.4, -0.2) is 28.4 Å². The number of hydrogen-bond donors (Lipinski definition) is 0. The van der Waals surface area contributed by atoms with Gasteiger partial charge < -0.3 is 9.47 Å². The Morgan fingerprint density at radius 2 is 1.45 bits per heavy atom. The fourth-order valence-electron chi connectivity index (χ4n) is 3.24. The lowest BCUT2D eigenvalue weighted by Gasteiger charge is -2.29. The molecule has 0 radical (unpaired) electrons. The van der Waals surface area contributed by atoms with Gasteiger partial charge in [-0.05, 0) is 78.1 Å². The first kappa shape index (κ1) is 24.5. The highest BCUT2D eigenvalue weighted by Crippen LogP contribution is 2.38. The number of nitrogens with zero attached hydrogens (tertiary/aromatic N) is 2. The number of aromatic nitrogens is 1. The maximum Gasteiger partial charge on any atom is 0.424 e. The van der Waals surface area contributed by atoms with E-state index in [0.29, 0.717) is 5.39 Å². The number of anilines is 1. The summed E-state index contributed by atoms with van der Waals surface area (Å²) in [5.41, 5.74) is 1.01. The molecule has 2 amide bonds. The van der Waals surface area contributed by atoms with Gasteiger partial charge in [0.2, 0.25) is 0 Å². The molecule has 2 aromatic carbocycles. The Morgan fingerprint density at radius 3 is 2.00 bits per heavy atom. The zero-order valence-electron chi connectivity index (χ0n) is 20.0. The van der Waals surface area contributed by atoms with Crippen LogP contribution in [0.4, 0.5) is 15.3 Å². The van der Waals surface area contributed by atoms with Crippen LogP contribution in [0.1, 0.15) is 47.2 Å². The Morgan fingerprint density at radius 1 is 0.879 bits per heavy atom. The Labute approximate surface area is 199 Å². The second-order valence-corrected chi connectivity index (χ2v) is 10.2. The third kappa shape index (κ3) is 6.02. The second-order valence-electron chi connectivity index (χ2n) is 9.79. The number of amides is 2. The van der Waals surface area contributed by atoms with Crippen LogP contribution in [0.25, 0.3) is 22.0 Å². The summed E-state index contributed by atoms with van der Waals surface area (Å²) in [6.45, 7) is 12.3. The van der Waals surface area contributed by atoms with Gasteiger partial charge in [0.1, 0.15) is 11.2 Å². The summed E-state index contributed by atoms with van der Waals surface area (Å²) in [7, 11) is 0. The molecular formula is C26H29ClN2O4. The van der Waals surface area contributed by atoms with Crippen molar-refractivity contribution in [3.63, 3.8) is 0 Å². The second kappa shape index (κ2) is 9.02. The first-order valence-electron chi connectivity index (χ1n) is 10.7. The van der Waals surface area contributed by atoms with Crippen molar-refractivity contribution >= 4 is 40.2 Å². The molecule has 0 aliphatic carbocycles. The fraction of sp³-hybridized carbons (Fsp3) is 0.346. The molecule has 6 nitrogen and oxygen atoms in total. The van der Waals surface area contributed by atoms with Gasteiger partial charge in [0.25, 0.3) is 0 Å². The quantitative estimate of drug-likeness (QED) is 0.388. The molecule has 0 N–H and O–H groups in total. The molecule has 1 heterocycles. The van der Waals surface area contributed by atoms with Gasteiger partial charge >= 0.3 is 12.2 Å². The number of fused-ring (bicyclic) bond motifs is 1. The van der Waals surface area contributed by atoms with E-state index in [4.69, 9.17) is 21.1 Å². The van der Waals surface area contributed by atoms with Gasteiger partial charge in [0, 0.05) is 16.6 Å². The highest BCUT2D eigenvalue weighted by atomic mass is 35.5. The smallest absolute Gasteiger partial charge is 0.424 e. The van der Waals surface area contributed by atoms with Crippen LogP contribution < -0.4 is 4.90 Å². The number of carbonyl (C=O) groups excluding carboxylic acids is 2. The van der Waals surface area contributed by atoms with E-state index in [2.05, 4.69) is 4.98 Å². The predicted molar refractivity (Wildman–Crippen MR) is 132 cm³/mol. The molecule has 0 saturated carbocycles. The number of ether oxygens (including phenoxy) is 2. The van der Waals surface area contributed by atoms with Crippen molar-refractivity contribution in [2.75, 3.05) is 4.90 Å². The topological polar surface area (TPSA) is 68.7 Å². The van der Waals surface area contributed by atoms with E-state index in [1.807, 2.05) is 49.4 Å². The van der Waals surface area contributed by atoms with E-state index in [1.165, 1.54) is 0 Å². The first-order chi connectivity index (χ1) is 15.2. The molecule has 3 aromatic rings. The Hall–Kier alpha value is -3.12. The lowest BCUT2D eigenvalue weighted by atomic mass is 10.0. The van der Waals surface area contributed by atoms with Gasteiger partial charge in [0.05, 0.1) is 16.4 Å². The fourth-order valence-corrected chi connectivity index (χ4v) is 3.49. The molecule has 0 saturated heterocycles. The number of carbonyl (C=O) groups is 2. The predicted octanol–water partition coefficient (Wildman–Crippen LogP) is 7.54. The third-order valence-corrected chi connectivity index (χ3v) is 4.81. The van der Waals surface area contributed by atoms with Crippen LogP contribution in [-0.2, 0) is 9.47 Å². The largest absolute Gasteiger partial charge is 0.443 e. The summed E-state index contributed by atoms with van der Waals surface area (Å²) in [6, 6.07) is 14.9. The zero-order chi connectivity index (χ0) is 24.6. The van der Waals surface area contributed by atoms with Gasteiger partial charge in [-0.15, -0.1) is 0 Å². The van der Waals surface area contributed by atoms with Crippen LogP contribution >= 0.6 is 11.6 Å². The molecule has 0 atom stereocenters. The van der Waals surface area contributed by atoms with Crippen LogP contribution in [0.5, 0.6) is 0 Å². The number of pyridine rings is 1. The van der Waals surface area contributed by atoms with Crippen molar-refractivity contribution in [3.8, 4) is 11.3 Å². The molecule has 0 spiro atoms. The van der Waals surface area contributed by atoms with Crippen molar-refractivity contribution in [3.05, 3.63) is 59.2 Å². The highest BCUT2D eigenvalue weighted by molar-refractivity contribution is 6.37. The number of aryl methyl sites for hydroxylation is 1. The van der Waals surface area contributed by atoms with Crippen molar-refractivity contribution in [1.82, 2.24) is 4.98 Å². The summed E-state index contributed by atoms with van der Waals surface area (Å²) in [4.78, 5) is 31.9. The van der Waals surface area contributed by atoms with Crippen LogP contribution in [0, 0.1) is 6.92 Å². The minimum Gasteiger partial charge on any atom is -0.443 e. The van der Waals surface area contributed by atoms with Crippen LogP contribution in [0.15, 0.2) is 48.5 Å². The minimum atomic E-state index is -0.870. The molecular weight excluding hydrogens is 440 g/mol. The van der Waals surface area contributed by atoms with E-state index in [9.17, 15) is 9.59 Å². The number of hydrogen-bond acceptors (Lipinski definition) is 5. The minimum absolute atomic E-state index is 0.201. The molecule has 33 heavy (non-hydrogen) atoms. The number of rotatable bonds is 2. The van der Waals surface area contributed by atoms with Gasteiger partial charge in [0.15, 0.2) is 0 Å². The summed E-state index contributed by atoms with van der Waals surface area (Å²) in [6.07, 6.45) is -1.74. The zero-order valence-corrected chi connectivity index (χ0v) is 20.8. The molecule has 0 fully saturated rings. The Bertz CT molecular complexity index is 1180. The highest BCUT2D eigenvalue weighted by Gasteiger charge is 2.35. The average Bonchev–Trinajstić information content (AvgIpc) is 2.67. The molecule has 3 rings (SSSR count). The number of benzene rings is 2. The molecule has 0 unspecified atom stereocenters. The standard InChI is InChI=1S/C26H29ClN2O4/c1-16-9-8-10-21(28-16)18-12-11-17-13-14-20(27)22(19(17)15-18)29(23(30)32-25(2,3)4)24(31)33-26(5,6)7/h8-15H,1-7H3. The Balaban J connectivity index is 2.24. The monoisotopic (exact) mass is 468 g/mol. The lowest BCUT2D eigenvalue weighted by molar-refractivity contribution is 0.0431. The molecule has 1 aromatic heterocycles. The maximum absolute atomic E-state index is 13.2. The van der Waals surface area contributed by atoms with Crippen molar-refractivity contribution in [2.24, 2.45) is 0 Å². The molecule has 0 aliphatic rings. The van der Waals surface area contributed by atoms with Crippen LogP contribution in [0.2, 0.25) is 5.02 Å². The number of halogens is 1. The summed E-state index contributed by atoms with van der Waals surface area (Å²) in [5, 5.41) is 1.61. The van der Waals surface area contributed by atoms with Gasteiger partial charge in [-0.2, -0.15) is 4.90 Å². The normalized spacial score (nSPS) is 11.9. The molecule has 0 bridgehead atoms. The lowest BCUT2D eigenvalue weighted by Crippen LogP contribution is -2.44. The van der Waals surface area contributed by atoms with E-state index in [0.717, 1.165) is 27.2 Å². The molecule has 7 heteroatoms. The van der Waals surface area contributed by atoms with Crippen molar-refractivity contribution < 1.29 is 19.1 Å². The summed E-state index contributed by atoms with van der Waals surface area (Å²) >= 11 is 6.58. The van der Waals surface area contributed by atoms with Crippen LogP contribution in [0.3, 0.4) is 0 Å². The van der Waals surface area contributed by atoms with Gasteiger partial charge in [-0.1, -0.05) is 35.9 Å². The molecule has 174 valence electrons. The first-order valence-corrected chi connectivity index (χ1v) is 11.1. The van der Waals surface area contributed by atoms with E-state index in [-0.39, 0.29) is 10.7 Å². The maximum atomic E-state index is 13.2. The van der Waals surface area contributed by atoms with Crippen molar-refractivity contribution in [1.29, 1.82) is 0 Å². The van der Waals surface area contributed by atoms with Gasteiger partial charge in [-0.3, -0.25) is 4.98 Å². The van der Waals surface area contributed by atoms with E-state index in [1.54, 1.807) is 47.6 Å². The van der Waals surface area contributed by atoms with Gasteiger partial charge in [-0.25, -0.2) is 9.59 Å². The van der Waals surface area contributed by atoms with Crippen molar-refractivity contribution in [2.45, 2.75) is 59.7 Å². The summed E-state index contributed by atoms with van der Waals surface area (Å²) < 4.78 is 11.1. The molecule has 0 aliphatic heterocycles. The van der Waals surface area contributed by atoms with E-state index >= 15 is 0 Å². The average molecular weight is 469 g/mol. The number of imide groups is 1. The van der Waals surface area contributed by atoms with E-state index < -0.39 is 23.4 Å². The Kier molecular flexibility index (Phi) is 6.70. The SMILES string of the molecule is Cc1cccc(-c2ccc3ccc(Cl)c(N(C(=O)OC(C)(C)C)C(=O)OC(C)(C)C)c3c2)n1.